The molecule has 0 spiro atoms. The summed E-state index contributed by atoms with van der Waals surface area (Å²) in [5.74, 6) is -3.93. The zero-order valence-corrected chi connectivity index (χ0v) is 18.8. The first-order chi connectivity index (χ1) is 15.7. The van der Waals surface area contributed by atoms with Crippen LogP contribution in [0.15, 0.2) is 54.7 Å². The predicted octanol–water partition coefficient (Wildman–Crippen LogP) is 5.86. The van der Waals surface area contributed by atoms with Crippen LogP contribution >= 0.6 is 11.6 Å². The summed E-state index contributed by atoms with van der Waals surface area (Å²) in [5.41, 5.74) is 0.990. The number of amides is 1. The van der Waals surface area contributed by atoms with E-state index in [0.29, 0.717) is 11.1 Å². The molecule has 0 aliphatic rings. The number of halogens is 3. The van der Waals surface area contributed by atoms with Crippen molar-refractivity contribution in [1.29, 1.82) is 0 Å². The molecule has 2 aromatic carbocycles. The van der Waals surface area contributed by atoms with E-state index < -0.39 is 35.3 Å². The van der Waals surface area contributed by atoms with Crippen LogP contribution < -0.4 is 10.1 Å². The van der Waals surface area contributed by atoms with Crippen molar-refractivity contribution in [1.82, 2.24) is 10.3 Å². The molecule has 0 bridgehead atoms. The minimum Gasteiger partial charge on any atom is -0.459 e. The molecule has 0 saturated heterocycles. The molecule has 33 heavy (non-hydrogen) atoms. The largest absolute Gasteiger partial charge is 0.459 e. The van der Waals surface area contributed by atoms with E-state index >= 15 is 0 Å². The van der Waals surface area contributed by atoms with Crippen molar-refractivity contribution in [2.45, 2.75) is 32.9 Å². The Labute approximate surface area is 194 Å². The fraction of sp³-hybridized carbons (Fsp3) is 0.208. The number of hydrogen-bond donors (Lipinski definition) is 1. The lowest BCUT2D eigenvalue weighted by Gasteiger charge is -2.17. The van der Waals surface area contributed by atoms with E-state index in [1.54, 1.807) is 45.0 Å². The smallest absolute Gasteiger partial charge is 0.338 e. The Morgan fingerprint density at radius 1 is 1.03 bits per heavy atom. The Kier molecular flexibility index (Phi) is 7.60. The Balaban J connectivity index is 1.78. The number of nitrogens with one attached hydrogen (secondary N) is 1. The van der Waals surface area contributed by atoms with Crippen LogP contribution in [-0.2, 0) is 4.74 Å². The first-order valence-electron chi connectivity index (χ1n) is 10.0. The van der Waals surface area contributed by atoms with Crippen LogP contribution in [0.2, 0.25) is 5.02 Å². The van der Waals surface area contributed by atoms with Crippen LogP contribution in [0.1, 0.15) is 53.1 Å². The second kappa shape index (κ2) is 10.4. The molecular weight excluding hydrogens is 454 g/mol. The number of nitrogens with zero attached hydrogens (tertiary/aromatic N) is 1. The number of rotatable bonds is 7. The molecule has 9 heteroatoms. The van der Waals surface area contributed by atoms with Gasteiger partial charge in [0.25, 0.3) is 5.91 Å². The van der Waals surface area contributed by atoms with E-state index in [1.165, 1.54) is 18.3 Å². The minimum atomic E-state index is -0.942. The van der Waals surface area contributed by atoms with Crippen molar-refractivity contribution in [3.8, 4) is 11.6 Å². The summed E-state index contributed by atoms with van der Waals surface area (Å²) in [4.78, 5) is 28.8. The van der Waals surface area contributed by atoms with E-state index in [1.807, 2.05) is 0 Å². The number of carbonyl (C=O) groups excluding carboxylic acids is 2. The van der Waals surface area contributed by atoms with Gasteiger partial charge in [0, 0.05) is 6.20 Å². The summed E-state index contributed by atoms with van der Waals surface area (Å²) in [6.45, 7) is 5.24. The van der Waals surface area contributed by atoms with Crippen LogP contribution in [0, 0.1) is 11.6 Å². The topological polar surface area (TPSA) is 77.5 Å². The molecule has 3 rings (SSSR count). The van der Waals surface area contributed by atoms with Crippen LogP contribution in [0.25, 0.3) is 0 Å². The molecule has 6 nitrogen and oxygen atoms in total. The van der Waals surface area contributed by atoms with Gasteiger partial charge in [0.05, 0.1) is 22.7 Å². The highest BCUT2D eigenvalue weighted by atomic mass is 35.5. The van der Waals surface area contributed by atoms with Crippen LogP contribution in [-0.4, -0.2) is 23.0 Å². The lowest BCUT2D eigenvalue weighted by molar-refractivity contribution is 0.0377. The minimum absolute atomic E-state index is 0.103. The van der Waals surface area contributed by atoms with Crippen molar-refractivity contribution in [3.05, 3.63) is 88.1 Å². The molecule has 0 fully saturated rings. The average Bonchev–Trinajstić information content (AvgIpc) is 2.76. The van der Waals surface area contributed by atoms with Gasteiger partial charge >= 0.3 is 5.97 Å². The van der Waals surface area contributed by atoms with Gasteiger partial charge in [-0.15, -0.1) is 0 Å². The number of benzene rings is 2. The van der Waals surface area contributed by atoms with Crippen LogP contribution in [0.3, 0.4) is 0 Å². The molecule has 0 aliphatic heterocycles. The zero-order valence-electron chi connectivity index (χ0n) is 18.1. The summed E-state index contributed by atoms with van der Waals surface area (Å²) in [6, 6.07) is 10.6. The number of hydrogen-bond acceptors (Lipinski definition) is 5. The van der Waals surface area contributed by atoms with Gasteiger partial charge in [-0.1, -0.05) is 29.8 Å². The predicted molar refractivity (Wildman–Crippen MR) is 119 cm³/mol. The number of esters is 1. The standard InChI is InChI=1S/C24H21ClF2N2O4/c1-13(2)32-24(31)16-9-7-15(8-10-16)14(3)29-22(30)18-11-17(25)12-28-23(18)33-21-19(26)5-4-6-20(21)27/h4-14H,1-3H3,(H,29,30)/t14-/m0/s1. The van der Waals surface area contributed by atoms with Gasteiger partial charge < -0.3 is 14.8 Å². The summed E-state index contributed by atoms with van der Waals surface area (Å²) >= 11 is 5.97. The number of ether oxygens (including phenoxy) is 2. The van der Waals surface area contributed by atoms with Gasteiger partial charge in [0.1, 0.15) is 5.56 Å². The van der Waals surface area contributed by atoms with Crippen molar-refractivity contribution < 1.29 is 27.8 Å². The van der Waals surface area contributed by atoms with Gasteiger partial charge in [0.15, 0.2) is 11.6 Å². The maximum absolute atomic E-state index is 14.0. The van der Waals surface area contributed by atoms with Gasteiger partial charge in [-0.25, -0.2) is 18.6 Å². The van der Waals surface area contributed by atoms with Crippen molar-refractivity contribution in [3.63, 3.8) is 0 Å². The molecule has 0 unspecified atom stereocenters. The Hall–Kier alpha value is -3.52. The van der Waals surface area contributed by atoms with E-state index in [2.05, 4.69) is 10.3 Å². The third-order valence-electron chi connectivity index (χ3n) is 4.52. The quantitative estimate of drug-likeness (QED) is 0.434. The highest BCUT2D eigenvalue weighted by molar-refractivity contribution is 6.30. The zero-order chi connectivity index (χ0) is 24.1. The van der Waals surface area contributed by atoms with Crippen molar-refractivity contribution in [2.24, 2.45) is 0 Å². The lowest BCUT2D eigenvalue weighted by Crippen LogP contribution is -2.27. The molecule has 1 N–H and O–H groups in total. The number of carbonyl (C=O) groups is 2. The van der Waals surface area contributed by atoms with E-state index in [0.717, 1.165) is 12.1 Å². The molecule has 1 aromatic heterocycles. The van der Waals surface area contributed by atoms with E-state index in [4.69, 9.17) is 21.1 Å². The van der Waals surface area contributed by atoms with E-state index in [-0.39, 0.29) is 22.6 Å². The molecule has 1 atom stereocenters. The summed E-state index contributed by atoms with van der Waals surface area (Å²) in [6.07, 6.45) is 0.959. The monoisotopic (exact) mass is 474 g/mol. The fourth-order valence-corrected chi connectivity index (χ4v) is 3.05. The van der Waals surface area contributed by atoms with Crippen LogP contribution in [0.5, 0.6) is 11.6 Å². The van der Waals surface area contributed by atoms with Gasteiger partial charge in [-0.05, 0) is 56.7 Å². The summed E-state index contributed by atoms with van der Waals surface area (Å²) in [7, 11) is 0. The Morgan fingerprint density at radius 3 is 2.27 bits per heavy atom. The summed E-state index contributed by atoms with van der Waals surface area (Å²) < 4.78 is 38.4. The maximum atomic E-state index is 14.0. The maximum Gasteiger partial charge on any atom is 0.338 e. The molecule has 172 valence electrons. The average molecular weight is 475 g/mol. The molecule has 1 amide bonds. The SMILES string of the molecule is CC(C)OC(=O)c1ccc([C@H](C)NC(=O)c2cc(Cl)cnc2Oc2c(F)cccc2F)cc1. The van der Waals surface area contributed by atoms with Crippen molar-refractivity contribution >= 4 is 23.5 Å². The number of aromatic nitrogens is 1. The molecule has 3 aromatic rings. The Bertz CT molecular complexity index is 1150. The third-order valence-corrected chi connectivity index (χ3v) is 4.72. The second-order valence-corrected chi connectivity index (χ2v) is 7.87. The van der Waals surface area contributed by atoms with Gasteiger partial charge in [-0.2, -0.15) is 0 Å². The lowest BCUT2D eigenvalue weighted by atomic mass is 10.1. The Morgan fingerprint density at radius 2 is 1.67 bits per heavy atom. The molecule has 0 aliphatic carbocycles. The van der Waals surface area contributed by atoms with Gasteiger partial charge in [-0.3, -0.25) is 4.79 Å². The molecule has 0 saturated carbocycles. The highest BCUT2D eigenvalue weighted by Gasteiger charge is 2.21. The van der Waals surface area contributed by atoms with Gasteiger partial charge in [0.2, 0.25) is 11.6 Å². The molecule has 1 heterocycles. The highest BCUT2D eigenvalue weighted by Crippen LogP contribution is 2.30. The first kappa shape index (κ1) is 24.1. The number of para-hydroxylation sites is 1. The molecule has 0 radical (unpaired) electrons. The van der Waals surface area contributed by atoms with Crippen molar-refractivity contribution in [2.75, 3.05) is 0 Å². The second-order valence-electron chi connectivity index (χ2n) is 7.43. The fourth-order valence-electron chi connectivity index (χ4n) is 2.90. The summed E-state index contributed by atoms with van der Waals surface area (Å²) in [5, 5.41) is 2.90. The third kappa shape index (κ3) is 6.04. The molecular formula is C24H21ClF2N2O4. The normalized spacial score (nSPS) is 11.7. The number of pyridine rings is 1. The van der Waals surface area contributed by atoms with Crippen LogP contribution in [0.4, 0.5) is 8.78 Å². The van der Waals surface area contributed by atoms with E-state index in [9.17, 15) is 18.4 Å². The first-order valence-corrected chi connectivity index (χ1v) is 10.4.